The van der Waals surface area contributed by atoms with E-state index < -0.39 is 0 Å². The Labute approximate surface area is 123 Å². The fourth-order valence-corrected chi connectivity index (χ4v) is 4.01. The van der Waals surface area contributed by atoms with E-state index in [1.807, 2.05) is 25.3 Å². The van der Waals surface area contributed by atoms with Crippen LogP contribution in [-0.2, 0) is 10.3 Å². The predicted octanol–water partition coefficient (Wildman–Crippen LogP) is 4.20. The lowest BCUT2D eigenvalue weighted by molar-refractivity contribution is -0.0445. The molecule has 1 fully saturated rings. The Morgan fingerprint density at radius 1 is 1.25 bits per heavy atom. The maximum atomic E-state index is 5.86. The molecule has 1 aromatic carbocycles. The van der Waals surface area contributed by atoms with Crippen molar-refractivity contribution in [2.75, 3.05) is 12.8 Å². The van der Waals surface area contributed by atoms with Crippen molar-refractivity contribution in [3.63, 3.8) is 0 Å². The topological polar surface area (TPSA) is 48.1 Å². The fourth-order valence-electron chi connectivity index (χ4n) is 2.94. The van der Waals surface area contributed by atoms with Gasteiger partial charge in [0, 0.05) is 23.7 Å². The molecule has 0 aliphatic heterocycles. The molecule has 1 aromatic heterocycles. The van der Waals surface area contributed by atoms with Crippen molar-refractivity contribution in [2.24, 2.45) is 0 Å². The normalized spacial score (nSPS) is 18.1. The van der Waals surface area contributed by atoms with Crippen LogP contribution < -0.4 is 5.73 Å². The van der Waals surface area contributed by atoms with Gasteiger partial charge in [0.1, 0.15) is 10.6 Å². The van der Waals surface area contributed by atoms with E-state index in [9.17, 15) is 0 Å². The molecule has 4 heteroatoms. The van der Waals surface area contributed by atoms with Crippen molar-refractivity contribution in [2.45, 2.75) is 37.7 Å². The first-order valence-corrected chi connectivity index (χ1v) is 7.98. The highest BCUT2D eigenvalue weighted by Crippen LogP contribution is 2.42. The molecular weight excluding hydrogens is 268 g/mol. The van der Waals surface area contributed by atoms with Crippen molar-refractivity contribution in [3.05, 3.63) is 34.7 Å². The molecule has 1 aliphatic rings. The summed E-state index contributed by atoms with van der Waals surface area (Å²) in [5.74, 6) is 0. The van der Waals surface area contributed by atoms with E-state index in [0.29, 0.717) is 0 Å². The van der Waals surface area contributed by atoms with Crippen molar-refractivity contribution in [1.82, 2.24) is 4.98 Å². The summed E-state index contributed by atoms with van der Waals surface area (Å²) >= 11 is 1.70. The predicted molar refractivity (Wildman–Crippen MR) is 83.7 cm³/mol. The lowest BCUT2D eigenvalue weighted by Gasteiger charge is -2.34. The average Bonchev–Trinajstić information content (AvgIpc) is 2.98. The second-order valence-electron chi connectivity index (χ2n) is 5.42. The molecule has 1 aliphatic carbocycles. The number of aromatic nitrogens is 1. The number of benzene rings is 1. The number of hydrogen-bond acceptors (Lipinski definition) is 4. The van der Waals surface area contributed by atoms with Crippen LogP contribution in [0.5, 0.6) is 0 Å². The smallest absolute Gasteiger partial charge is 0.125 e. The number of nitrogen functional groups attached to an aromatic ring is 1. The average molecular weight is 288 g/mol. The molecular formula is C16H20N2OS. The van der Waals surface area contributed by atoms with Crippen LogP contribution in [0.1, 0.15) is 37.1 Å². The second-order valence-corrected chi connectivity index (χ2v) is 6.28. The molecule has 0 saturated heterocycles. The van der Waals surface area contributed by atoms with Crippen LogP contribution in [0, 0.1) is 0 Å². The summed E-state index contributed by atoms with van der Waals surface area (Å²) in [4.78, 5) is 4.83. The molecule has 20 heavy (non-hydrogen) atoms. The Balaban J connectivity index is 1.93. The Kier molecular flexibility index (Phi) is 3.76. The van der Waals surface area contributed by atoms with E-state index in [2.05, 4.69) is 11.4 Å². The Morgan fingerprint density at radius 3 is 2.75 bits per heavy atom. The van der Waals surface area contributed by atoms with E-state index in [-0.39, 0.29) is 5.60 Å². The molecule has 0 amide bonds. The summed E-state index contributed by atoms with van der Waals surface area (Å²) in [5, 5.41) is 3.22. The van der Waals surface area contributed by atoms with Crippen LogP contribution in [0.3, 0.4) is 0 Å². The molecule has 3 rings (SSSR count). The molecule has 106 valence electrons. The highest BCUT2D eigenvalue weighted by Gasteiger charge is 2.36. The number of nitrogens with zero attached hydrogens (tertiary/aromatic N) is 1. The van der Waals surface area contributed by atoms with Crippen molar-refractivity contribution in [3.8, 4) is 11.3 Å². The van der Waals surface area contributed by atoms with Gasteiger partial charge in [0.2, 0.25) is 0 Å². The summed E-state index contributed by atoms with van der Waals surface area (Å²) in [7, 11) is 1.81. The summed E-state index contributed by atoms with van der Waals surface area (Å²) in [6, 6.07) is 7.89. The molecule has 0 bridgehead atoms. The van der Waals surface area contributed by atoms with Crippen molar-refractivity contribution < 1.29 is 4.74 Å². The zero-order valence-corrected chi connectivity index (χ0v) is 12.6. The quantitative estimate of drug-likeness (QED) is 0.861. The zero-order valence-electron chi connectivity index (χ0n) is 11.8. The van der Waals surface area contributed by atoms with Crippen LogP contribution in [-0.4, -0.2) is 12.1 Å². The maximum Gasteiger partial charge on any atom is 0.125 e. The van der Waals surface area contributed by atoms with Crippen LogP contribution in [0.2, 0.25) is 0 Å². The third-order valence-corrected chi connectivity index (χ3v) is 5.16. The van der Waals surface area contributed by atoms with Gasteiger partial charge in [0.05, 0.1) is 5.69 Å². The molecule has 0 atom stereocenters. The first-order chi connectivity index (χ1) is 9.73. The van der Waals surface area contributed by atoms with Gasteiger partial charge in [-0.2, -0.15) is 0 Å². The molecule has 0 unspecified atom stereocenters. The van der Waals surface area contributed by atoms with Gasteiger partial charge in [-0.3, -0.25) is 0 Å². The minimum atomic E-state index is -0.165. The molecule has 1 heterocycles. The van der Waals surface area contributed by atoms with Crippen LogP contribution in [0.4, 0.5) is 5.69 Å². The first-order valence-electron chi connectivity index (χ1n) is 7.11. The highest BCUT2D eigenvalue weighted by atomic mass is 32.1. The molecule has 2 aromatic rings. The Bertz CT molecular complexity index is 588. The van der Waals surface area contributed by atoms with Gasteiger partial charge in [-0.05, 0) is 25.0 Å². The monoisotopic (exact) mass is 288 g/mol. The standard InChI is InChI=1S/C16H20N2OS/c1-19-16(8-3-2-4-9-16)15-18-14(11-20-15)12-6-5-7-13(17)10-12/h5-7,10-11H,2-4,8-9,17H2,1H3. The highest BCUT2D eigenvalue weighted by molar-refractivity contribution is 7.10. The minimum Gasteiger partial charge on any atom is -0.399 e. The molecule has 3 nitrogen and oxygen atoms in total. The zero-order chi connectivity index (χ0) is 14.0. The van der Waals surface area contributed by atoms with Gasteiger partial charge in [-0.1, -0.05) is 31.4 Å². The SMILES string of the molecule is COC1(c2nc(-c3cccc(N)c3)cs2)CCCCC1. The number of nitrogens with two attached hydrogens (primary N) is 1. The molecule has 1 saturated carbocycles. The number of rotatable bonds is 3. The largest absolute Gasteiger partial charge is 0.399 e. The van der Waals surface area contributed by atoms with E-state index >= 15 is 0 Å². The van der Waals surface area contributed by atoms with Crippen LogP contribution in [0.25, 0.3) is 11.3 Å². The van der Waals surface area contributed by atoms with Crippen LogP contribution in [0.15, 0.2) is 29.6 Å². The van der Waals surface area contributed by atoms with Gasteiger partial charge >= 0.3 is 0 Å². The Morgan fingerprint density at radius 2 is 2.05 bits per heavy atom. The number of anilines is 1. The molecule has 0 radical (unpaired) electrons. The van der Waals surface area contributed by atoms with E-state index in [4.69, 9.17) is 15.5 Å². The first kappa shape index (κ1) is 13.6. The molecule has 2 N–H and O–H groups in total. The lowest BCUT2D eigenvalue weighted by atomic mass is 9.85. The van der Waals surface area contributed by atoms with E-state index in [1.54, 1.807) is 11.3 Å². The van der Waals surface area contributed by atoms with Gasteiger partial charge in [-0.25, -0.2) is 4.98 Å². The third kappa shape index (κ3) is 2.45. The summed E-state index contributed by atoms with van der Waals surface area (Å²) in [6.07, 6.45) is 5.90. The third-order valence-electron chi connectivity index (χ3n) is 4.13. The summed E-state index contributed by atoms with van der Waals surface area (Å²) in [6.45, 7) is 0. The summed E-state index contributed by atoms with van der Waals surface area (Å²) < 4.78 is 5.86. The maximum absolute atomic E-state index is 5.86. The lowest BCUT2D eigenvalue weighted by Crippen LogP contribution is -2.30. The van der Waals surface area contributed by atoms with Gasteiger partial charge < -0.3 is 10.5 Å². The fraction of sp³-hybridized carbons (Fsp3) is 0.438. The van der Waals surface area contributed by atoms with Gasteiger partial charge in [-0.15, -0.1) is 11.3 Å². The van der Waals surface area contributed by atoms with Gasteiger partial charge in [0.25, 0.3) is 0 Å². The van der Waals surface area contributed by atoms with E-state index in [0.717, 1.165) is 34.8 Å². The van der Waals surface area contributed by atoms with Crippen molar-refractivity contribution >= 4 is 17.0 Å². The number of methoxy groups -OCH3 is 1. The minimum absolute atomic E-state index is 0.165. The van der Waals surface area contributed by atoms with Crippen LogP contribution >= 0.6 is 11.3 Å². The second kappa shape index (κ2) is 5.54. The van der Waals surface area contributed by atoms with E-state index in [1.165, 1.54) is 19.3 Å². The number of ether oxygens (including phenoxy) is 1. The number of thiazole rings is 1. The van der Waals surface area contributed by atoms with Crippen molar-refractivity contribution in [1.29, 1.82) is 0 Å². The molecule has 0 spiro atoms. The Hall–Kier alpha value is -1.39. The summed E-state index contributed by atoms with van der Waals surface area (Å²) in [5.41, 5.74) is 8.54. The van der Waals surface area contributed by atoms with Gasteiger partial charge in [0.15, 0.2) is 0 Å². The number of hydrogen-bond donors (Lipinski definition) is 1.